The molecule has 0 aromatic carbocycles. The molecule has 2 heterocycles. The second-order valence-corrected chi connectivity index (χ2v) is 5.35. The van der Waals surface area contributed by atoms with Crippen molar-refractivity contribution in [2.24, 2.45) is 0 Å². The van der Waals surface area contributed by atoms with Gasteiger partial charge in [0.1, 0.15) is 6.04 Å². The van der Waals surface area contributed by atoms with Gasteiger partial charge >= 0.3 is 12.0 Å². The largest absolute Gasteiger partial charge is 0.480 e. The van der Waals surface area contributed by atoms with Crippen LogP contribution in [-0.4, -0.2) is 63.8 Å². The van der Waals surface area contributed by atoms with Crippen molar-refractivity contribution in [1.82, 2.24) is 9.80 Å². The lowest BCUT2D eigenvalue weighted by molar-refractivity contribution is -0.143. The lowest BCUT2D eigenvalue weighted by Crippen LogP contribution is -2.57. The summed E-state index contributed by atoms with van der Waals surface area (Å²) in [5.74, 6) is -0.925. The van der Waals surface area contributed by atoms with Gasteiger partial charge in [-0.25, -0.2) is 9.59 Å². The van der Waals surface area contributed by atoms with E-state index in [4.69, 9.17) is 0 Å². The van der Waals surface area contributed by atoms with Gasteiger partial charge in [-0.2, -0.15) is 0 Å². The number of aliphatic hydroxyl groups is 1. The number of aliphatic hydroxyl groups excluding tert-OH is 1. The predicted octanol–water partition coefficient (Wildman–Crippen LogP) is 0.892. The molecule has 2 N–H and O–H groups in total. The highest BCUT2D eigenvalue weighted by Gasteiger charge is 2.37. The Bertz CT molecular complexity index is 348. The zero-order valence-electron chi connectivity index (χ0n) is 11.1. The van der Waals surface area contributed by atoms with Crippen molar-refractivity contribution in [3.63, 3.8) is 0 Å². The summed E-state index contributed by atoms with van der Waals surface area (Å²) in [5.41, 5.74) is 0. The van der Waals surface area contributed by atoms with E-state index in [1.54, 1.807) is 4.90 Å². The number of carboxylic acid groups (broad SMARTS) is 1. The van der Waals surface area contributed by atoms with E-state index in [1.807, 2.05) is 0 Å². The number of amides is 2. The maximum absolute atomic E-state index is 12.5. The minimum absolute atomic E-state index is 0.0443. The minimum atomic E-state index is -0.925. The summed E-state index contributed by atoms with van der Waals surface area (Å²) in [5, 5.41) is 18.6. The molecule has 19 heavy (non-hydrogen) atoms. The average Bonchev–Trinajstić information content (AvgIpc) is 2.46. The van der Waals surface area contributed by atoms with E-state index in [9.17, 15) is 19.8 Å². The number of rotatable bonds is 2. The number of hydrogen-bond donors (Lipinski definition) is 2. The first kappa shape index (κ1) is 14.1. The Balaban J connectivity index is 2.09. The SMILES string of the molecule is O=C(O)C1CCCCN1C(=O)N1CCCCC1CO. The number of piperidine rings is 2. The van der Waals surface area contributed by atoms with E-state index in [-0.39, 0.29) is 18.7 Å². The third-order valence-electron chi connectivity index (χ3n) is 4.12. The number of likely N-dealkylation sites (tertiary alicyclic amines) is 2. The number of urea groups is 1. The smallest absolute Gasteiger partial charge is 0.326 e. The molecule has 2 unspecified atom stereocenters. The van der Waals surface area contributed by atoms with Gasteiger partial charge in [-0.3, -0.25) is 0 Å². The molecule has 0 spiro atoms. The molecule has 0 aromatic heterocycles. The van der Waals surface area contributed by atoms with E-state index in [0.29, 0.717) is 19.5 Å². The molecule has 2 aliphatic heterocycles. The second kappa shape index (κ2) is 6.23. The van der Waals surface area contributed by atoms with Crippen molar-refractivity contribution in [3.05, 3.63) is 0 Å². The van der Waals surface area contributed by atoms with Crippen LogP contribution in [0, 0.1) is 0 Å². The predicted molar refractivity (Wildman–Crippen MR) is 68.8 cm³/mol. The molecule has 108 valence electrons. The van der Waals surface area contributed by atoms with Crippen LogP contribution in [0.15, 0.2) is 0 Å². The van der Waals surface area contributed by atoms with Crippen molar-refractivity contribution >= 4 is 12.0 Å². The van der Waals surface area contributed by atoms with Crippen molar-refractivity contribution < 1.29 is 19.8 Å². The Kier molecular flexibility index (Phi) is 4.63. The van der Waals surface area contributed by atoms with Gasteiger partial charge in [0.2, 0.25) is 0 Å². The van der Waals surface area contributed by atoms with E-state index in [0.717, 1.165) is 32.1 Å². The van der Waals surface area contributed by atoms with Crippen LogP contribution in [0.2, 0.25) is 0 Å². The number of carbonyl (C=O) groups excluding carboxylic acids is 1. The first-order valence-corrected chi connectivity index (χ1v) is 7.06. The maximum atomic E-state index is 12.5. The highest BCUT2D eigenvalue weighted by atomic mass is 16.4. The van der Waals surface area contributed by atoms with E-state index < -0.39 is 12.0 Å². The molecule has 0 aromatic rings. The molecule has 2 fully saturated rings. The summed E-state index contributed by atoms with van der Waals surface area (Å²) in [7, 11) is 0. The third-order valence-corrected chi connectivity index (χ3v) is 4.12. The highest BCUT2D eigenvalue weighted by molar-refractivity contribution is 5.83. The number of hydrogen-bond acceptors (Lipinski definition) is 3. The van der Waals surface area contributed by atoms with Gasteiger partial charge in [0, 0.05) is 13.1 Å². The van der Waals surface area contributed by atoms with Crippen molar-refractivity contribution in [2.75, 3.05) is 19.7 Å². The maximum Gasteiger partial charge on any atom is 0.326 e. The summed E-state index contributed by atoms with van der Waals surface area (Å²) in [4.78, 5) is 26.9. The number of nitrogens with zero attached hydrogens (tertiary/aromatic N) is 2. The molecule has 2 atom stereocenters. The summed E-state index contributed by atoms with van der Waals surface area (Å²) in [6.07, 6.45) is 4.97. The molecule has 0 saturated carbocycles. The van der Waals surface area contributed by atoms with Gasteiger partial charge in [-0.15, -0.1) is 0 Å². The molecule has 2 aliphatic rings. The van der Waals surface area contributed by atoms with Crippen LogP contribution in [0.4, 0.5) is 4.79 Å². The van der Waals surface area contributed by atoms with Gasteiger partial charge in [-0.05, 0) is 38.5 Å². The van der Waals surface area contributed by atoms with Gasteiger partial charge < -0.3 is 20.0 Å². The summed E-state index contributed by atoms with van der Waals surface area (Å²) in [6.45, 7) is 1.08. The standard InChI is InChI=1S/C13H22N2O4/c16-9-10-5-1-3-7-14(10)13(19)15-8-4-2-6-11(15)12(17)18/h10-11,16H,1-9H2,(H,17,18). The van der Waals surface area contributed by atoms with Crippen LogP contribution in [0.25, 0.3) is 0 Å². The van der Waals surface area contributed by atoms with Gasteiger partial charge in [-0.1, -0.05) is 0 Å². The highest BCUT2D eigenvalue weighted by Crippen LogP contribution is 2.23. The fourth-order valence-corrected chi connectivity index (χ4v) is 3.02. The Hall–Kier alpha value is -1.30. The molecular weight excluding hydrogens is 248 g/mol. The van der Waals surface area contributed by atoms with Crippen LogP contribution in [0.3, 0.4) is 0 Å². The fourth-order valence-electron chi connectivity index (χ4n) is 3.02. The first-order valence-electron chi connectivity index (χ1n) is 7.06. The summed E-state index contributed by atoms with van der Waals surface area (Å²) >= 11 is 0. The molecule has 0 aliphatic carbocycles. The lowest BCUT2D eigenvalue weighted by atomic mass is 10.0. The molecule has 0 radical (unpaired) electrons. The quantitative estimate of drug-likeness (QED) is 0.781. The third kappa shape index (κ3) is 3.00. The first-order chi connectivity index (χ1) is 9.15. The average molecular weight is 270 g/mol. The fraction of sp³-hybridized carbons (Fsp3) is 0.846. The van der Waals surface area contributed by atoms with Gasteiger partial charge in [0.15, 0.2) is 0 Å². The van der Waals surface area contributed by atoms with Gasteiger partial charge in [0.05, 0.1) is 12.6 Å². The van der Waals surface area contributed by atoms with Crippen LogP contribution in [0.5, 0.6) is 0 Å². The van der Waals surface area contributed by atoms with Crippen molar-refractivity contribution in [2.45, 2.75) is 50.6 Å². The van der Waals surface area contributed by atoms with Crippen LogP contribution in [-0.2, 0) is 4.79 Å². The van der Waals surface area contributed by atoms with E-state index in [2.05, 4.69) is 0 Å². The Morgan fingerprint density at radius 1 is 1.00 bits per heavy atom. The minimum Gasteiger partial charge on any atom is -0.480 e. The summed E-state index contributed by atoms with van der Waals surface area (Å²) in [6, 6.07) is -1.08. The van der Waals surface area contributed by atoms with Crippen molar-refractivity contribution in [1.29, 1.82) is 0 Å². The van der Waals surface area contributed by atoms with Crippen molar-refractivity contribution in [3.8, 4) is 0 Å². The zero-order valence-corrected chi connectivity index (χ0v) is 11.1. The van der Waals surface area contributed by atoms with E-state index in [1.165, 1.54) is 4.90 Å². The molecule has 6 heteroatoms. The Morgan fingerprint density at radius 3 is 2.26 bits per heavy atom. The molecule has 2 rings (SSSR count). The van der Waals surface area contributed by atoms with Crippen LogP contribution < -0.4 is 0 Å². The zero-order chi connectivity index (χ0) is 13.8. The molecule has 2 amide bonds. The molecule has 6 nitrogen and oxygen atoms in total. The van der Waals surface area contributed by atoms with Crippen LogP contribution in [0.1, 0.15) is 38.5 Å². The summed E-state index contributed by atoms with van der Waals surface area (Å²) < 4.78 is 0. The Morgan fingerprint density at radius 2 is 1.63 bits per heavy atom. The number of carboxylic acids is 1. The normalized spacial score (nSPS) is 28.3. The lowest BCUT2D eigenvalue weighted by Gasteiger charge is -2.41. The van der Waals surface area contributed by atoms with Crippen LogP contribution >= 0.6 is 0 Å². The molecule has 2 saturated heterocycles. The number of aliphatic carboxylic acids is 1. The Labute approximate surface area is 113 Å². The monoisotopic (exact) mass is 270 g/mol. The second-order valence-electron chi connectivity index (χ2n) is 5.35. The van der Waals surface area contributed by atoms with Gasteiger partial charge in [0.25, 0.3) is 0 Å². The topological polar surface area (TPSA) is 81.1 Å². The molecular formula is C13H22N2O4. The van der Waals surface area contributed by atoms with E-state index >= 15 is 0 Å². The molecule has 0 bridgehead atoms. The number of carbonyl (C=O) groups is 2.